The molecule has 0 aliphatic carbocycles. The van der Waals surface area contributed by atoms with E-state index < -0.39 is 40.5 Å². The first-order chi connectivity index (χ1) is 18.5. The molecule has 0 radical (unpaired) electrons. The summed E-state index contributed by atoms with van der Waals surface area (Å²) in [5, 5.41) is 16.8. The predicted octanol–water partition coefficient (Wildman–Crippen LogP) is 6.49. The molecule has 1 atom stereocenters. The van der Waals surface area contributed by atoms with Crippen LogP contribution in [0.4, 0.5) is 13.2 Å². The number of carboxylic acids is 1. The van der Waals surface area contributed by atoms with Crippen molar-refractivity contribution in [3.8, 4) is 0 Å². The van der Waals surface area contributed by atoms with Gasteiger partial charge >= 0.3 is 30.1 Å². The van der Waals surface area contributed by atoms with Crippen molar-refractivity contribution in [2.45, 2.75) is 126 Å². The average Bonchev–Trinajstić information content (AvgIpc) is 2.88. The summed E-state index contributed by atoms with van der Waals surface area (Å²) in [7, 11) is 0. The minimum absolute atomic E-state index is 0.0995. The van der Waals surface area contributed by atoms with E-state index in [9.17, 15) is 32.3 Å². The molecule has 12 heteroatoms. The van der Waals surface area contributed by atoms with Gasteiger partial charge in [0.25, 0.3) is 0 Å². The van der Waals surface area contributed by atoms with Crippen molar-refractivity contribution in [2.75, 3.05) is 19.8 Å². The van der Waals surface area contributed by atoms with E-state index in [1.165, 1.54) is 0 Å². The van der Waals surface area contributed by atoms with E-state index in [1.807, 2.05) is 41.5 Å². The van der Waals surface area contributed by atoms with Crippen molar-refractivity contribution in [1.29, 1.82) is 0 Å². The van der Waals surface area contributed by atoms with Gasteiger partial charge < -0.3 is 24.4 Å². The highest BCUT2D eigenvalue weighted by atomic mass is 19.4. The molecule has 0 aromatic carbocycles. The number of aliphatic carboxylic acids is 1. The molecule has 0 heterocycles. The van der Waals surface area contributed by atoms with Crippen LogP contribution in [0.15, 0.2) is 0 Å². The van der Waals surface area contributed by atoms with Gasteiger partial charge in [0.2, 0.25) is 0 Å². The summed E-state index contributed by atoms with van der Waals surface area (Å²) >= 11 is 0. The van der Waals surface area contributed by atoms with Gasteiger partial charge in [0.05, 0.1) is 29.5 Å². The number of carbonyl (C=O) groups is 4. The lowest BCUT2D eigenvalue weighted by Crippen LogP contribution is -2.36. The molecular formula is C29H53F3O9. The van der Waals surface area contributed by atoms with Crippen molar-refractivity contribution < 1.29 is 56.8 Å². The first-order valence-corrected chi connectivity index (χ1v) is 14.0. The summed E-state index contributed by atoms with van der Waals surface area (Å²) in [5.41, 5.74) is -1.70. The topological polar surface area (TPSA) is 136 Å². The fourth-order valence-corrected chi connectivity index (χ4v) is 2.07. The third-order valence-electron chi connectivity index (χ3n) is 6.65. The Balaban J connectivity index is -0.000000538. The summed E-state index contributed by atoms with van der Waals surface area (Å²) in [6.07, 6.45) is -2.23. The van der Waals surface area contributed by atoms with E-state index in [4.69, 9.17) is 19.7 Å². The second-order valence-electron chi connectivity index (χ2n) is 11.5. The highest BCUT2D eigenvalue weighted by Gasteiger charge is 2.41. The van der Waals surface area contributed by atoms with E-state index in [0.717, 1.165) is 32.6 Å². The third-order valence-corrected chi connectivity index (χ3v) is 6.65. The molecule has 2 N–H and O–H groups in total. The fraction of sp³-hybridized carbons (Fsp3) is 0.862. The van der Waals surface area contributed by atoms with Crippen LogP contribution < -0.4 is 0 Å². The van der Waals surface area contributed by atoms with E-state index in [0.29, 0.717) is 19.4 Å². The summed E-state index contributed by atoms with van der Waals surface area (Å²) in [5.74, 6) is -2.00. The van der Waals surface area contributed by atoms with Gasteiger partial charge in [0, 0.05) is 6.42 Å². The normalized spacial score (nSPS) is 12.5. The van der Waals surface area contributed by atoms with Gasteiger partial charge in [0.15, 0.2) is 6.10 Å². The van der Waals surface area contributed by atoms with Crippen molar-refractivity contribution in [3.05, 3.63) is 0 Å². The van der Waals surface area contributed by atoms with Gasteiger partial charge in [-0.05, 0) is 87.0 Å². The van der Waals surface area contributed by atoms with Gasteiger partial charge in [-0.25, -0.2) is 0 Å². The maximum absolute atomic E-state index is 12.0. The van der Waals surface area contributed by atoms with Gasteiger partial charge in [0.1, 0.15) is 6.61 Å². The number of carboxylic acid groups (broad SMARTS) is 1. The molecule has 0 bridgehead atoms. The van der Waals surface area contributed by atoms with E-state index >= 15 is 0 Å². The Labute approximate surface area is 243 Å². The van der Waals surface area contributed by atoms with Crippen LogP contribution in [-0.4, -0.2) is 66.2 Å². The van der Waals surface area contributed by atoms with Crippen LogP contribution in [0, 0.1) is 16.2 Å². The lowest BCUT2D eigenvalue weighted by molar-refractivity contribution is -0.221. The number of aliphatic hydroxyl groups excluding tert-OH is 1. The van der Waals surface area contributed by atoms with Crippen LogP contribution in [0.25, 0.3) is 0 Å². The first kappa shape index (κ1) is 43.1. The standard InChI is InChI=1S/C12H22O4.C9H15F3O2.C8H16O3/c1-4-12(2,3)11(15)16-9-7-5-6-8-10(13)14;1-5-8(3,4)7(13)14-6(2)9(10,11)12;1-4-8(2,3)7(10)11-6-5-9/h4-9H2,1-3H3,(H,13,14);6H,5H2,1-4H3;9H,4-6H2,1-3H3. The fourth-order valence-electron chi connectivity index (χ4n) is 2.07. The summed E-state index contributed by atoms with van der Waals surface area (Å²) in [4.78, 5) is 44.1. The summed E-state index contributed by atoms with van der Waals surface area (Å²) in [6, 6.07) is 0. The predicted molar refractivity (Wildman–Crippen MR) is 149 cm³/mol. The Morgan fingerprint density at radius 3 is 1.41 bits per heavy atom. The van der Waals surface area contributed by atoms with E-state index in [-0.39, 0.29) is 31.6 Å². The molecule has 9 nitrogen and oxygen atoms in total. The summed E-state index contributed by atoms with van der Waals surface area (Å²) in [6.45, 7) is 17.3. The molecule has 0 saturated carbocycles. The molecule has 0 fully saturated rings. The Hall–Kier alpha value is -2.37. The lowest BCUT2D eigenvalue weighted by Gasteiger charge is -2.24. The maximum atomic E-state index is 12.0. The minimum Gasteiger partial charge on any atom is -0.481 e. The number of rotatable bonds is 15. The second kappa shape index (κ2) is 20.5. The van der Waals surface area contributed by atoms with Crippen LogP contribution in [0.3, 0.4) is 0 Å². The molecular weight excluding hydrogens is 549 g/mol. The van der Waals surface area contributed by atoms with Crippen LogP contribution >= 0.6 is 0 Å². The molecule has 0 saturated heterocycles. The zero-order chi connectivity index (χ0) is 33.1. The van der Waals surface area contributed by atoms with Crippen molar-refractivity contribution in [1.82, 2.24) is 0 Å². The van der Waals surface area contributed by atoms with Gasteiger partial charge in [-0.3, -0.25) is 19.2 Å². The van der Waals surface area contributed by atoms with Crippen LogP contribution in [0.5, 0.6) is 0 Å². The molecule has 0 amide bonds. The van der Waals surface area contributed by atoms with Crippen molar-refractivity contribution >= 4 is 23.9 Å². The van der Waals surface area contributed by atoms with Crippen molar-refractivity contribution in [3.63, 3.8) is 0 Å². The monoisotopic (exact) mass is 602 g/mol. The second-order valence-corrected chi connectivity index (χ2v) is 11.5. The maximum Gasteiger partial charge on any atom is 0.425 e. The Kier molecular flexibility index (Phi) is 21.5. The summed E-state index contributed by atoms with van der Waals surface area (Å²) < 4.78 is 50.3. The molecule has 244 valence electrons. The number of alkyl halides is 3. The number of unbranched alkanes of at least 4 members (excludes halogenated alkanes) is 2. The van der Waals surface area contributed by atoms with Gasteiger partial charge in [-0.2, -0.15) is 13.2 Å². The molecule has 0 aromatic heterocycles. The zero-order valence-corrected chi connectivity index (χ0v) is 26.5. The Morgan fingerprint density at radius 2 is 1.07 bits per heavy atom. The number of esters is 3. The number of aliphatic hydroxyl groups is 1. The van der Waals surface area contributed by atoms with Crippen molar-refractivity contribution in [2.24, 2.45) is 16.2 Å². The molecule has 41 heavy (non-hydrogen) atoms. The molecule has 0 spiro atoms. The third kappa shape index (κ3) is 21.1. The first-order valence-electron chi connectivity index (χ1n) is 14.0. The molecule has 1 unspecified atom stereocenters. The number of hydrogen-bond acceptors (Lipinski definition) is 8. The molecule has 0 aliphatic heterocycles. The highest BCUT2D eigenvalue weighted by Crippen LogP contribution is 2.27. The molecule has 0 aliphatic rings. The average molecular weight is 603 g/mol. The zero-order valence-electron chi connectivity index (χ0n) is 26.5. The lowest BCUT2D eigenvalue weighted by atomic mass is 9.90. The molecule has 0 rings (SSSR count). The minimum atomic E-state index is -4.49. The van der Waals surface area contributed by atoms with E-state index in [2.05, 4.69) is 4.74 Å². The van der Waals surface area contributed by atoms with Crippen LogP contribution in [0.1, 0.15) is 114 Å². The Morgan fingerprint density at radius 1 is 0.683 bits per heavy atom. The Bertz CT molecular complexity index is 776. The van der Waals surface area contributed by atoms with Gasteiger partial charge in [-0.1, -0.05) is 20.8 Å². The van der Waals surface area contributed by atoms with Crippen LogP contribution in [-0.2, 0) is 33.4 Å². The number of hydrogen-bond donors (Lipinski definition) is 2. The van der Waals surface area contributed by atoms with Gasteiger partial charge in [-0.15, -0.1) is 0 Å². The van der Waals surface area contributed by atoms with E-state index in [1.54, 1.807) is 20.8 Å². The quantitative estimate of drug-likeness (QED) is 0.122. The largest absolute Gasteiger partial charge is 0.481 e. The number of carbonyl (C=O) groups excluding carboxylic acids is 3. The SMILES string of the molecule is CCC(C)(C)C(=O)OC(C)C(F)(F)F.CCC(C)(C)C(=O)OCCCCCC(=O)O.CCC(C)(C)C(=O)OCCO. The molecule has 0 aromatic rings. The number of ether oxygens (including phenoxy) is 3. The number of halogens is 3. The smallest absolute Gasteiger partial charge is 0.425 e. The highest BCUT2D eigenvalue weighted by molar-refractivity contribution is 5.76. The van der Waals surface area contributed by atoms with Crippen LogP contribution in [0.2, 0.25) is 0 Å².